The Morgan fingerprint density at radius 2 is 1.79 bits per heavy atom. The van der Waals surface area contributed by atoms with E-state index in [1.54, 1.807) is 0 Å². The van der Waals surface area contributed by atoms with Crippen LogP contribution in [0.4, 0.5) is 11.5 Å². The lowest BCUT2D eigenvalue weighted by Gasteiger charge is -2.28. The van der Waals surface area contributed by atoms with Crippen LogP contribution in [0.2, 0.25) is 0 Å². The monoisotopic (exact) mass is 376 g/mol. The number of nitrogens with one attached hydrogen (secondary N) is 1. The van der Waals surface area contributed by atoms with E-state index in [1.807, 2.05) is 49.5 Å². The van der Waals surface area contributed by atoms with E-state index in [1.165, 1.54) is 0 Å². The van der Waals surface area contributed by atoms with Crippen molar-refractivity contribution in [3.63, 3.8) is 0 Å². The number of anilines is 2. The van der Waals surface area contributed by atoms with Crippen molar-refractivity contribution < 1.29 is 9.84 Å². The number of hydrogen-bond acceptors (Lipinski definition) is 6. The van der Waals surface area contributed by atoms with Gasteiger partial charge in [0.05, 0.1) is 25.5 Å². The average Bonchev–Trinajstić information content (AvgIpc) is 2.79. The van der Waals surface area contributed by atoms with Crippen LogP contribution < -0.4 is 10.2 Å². The third kappa shape index (κ3) is 3.98. The average molecular weight is 376 g/mol. The largest absolute Gasteiger partial charge is 0.392 e. The molecule has 0 saturated carbocycles. The van der Waals surface area contributed by atoms with Crippen LogP contribution in [0.1, 0.15) is 5.56 Å². The van der Waals surface area contributed by atoms with E-state index in [2.05, 4.69) is 22.3 Å². The van der Waals surface area contributed by atoms with Crippen molar-refractivity contribution in [3.8, 4) is 22.6 Å². The maximum Gasteiger partial charge on any atom is 0.162 e. The molecule has 0 aliphatic carbocycles. The molecule has 1 fully saturated rings. The number of morpholine rings is 1. The molecule has 0 spiro atoms. The van der Waals surface area contributed by atoms with Crippen molar-refractivity contribution in [1.82, 2.24) is 9.97 Å². The highest BCUT2D eigenvalue weighted by molar-refractivity contribution is 5.70. The van der Waals surface area contributed by atoms with Crippen LogP contribution in [0, 0.1) is 0 Å². The zero-order valence-corrected chi connectivity index (χ0v) is 15.9. The van der Waals surface area contributed by atoms with Gasteiger partial charge in [0.1, 0.15) is 5.82 Å². The van der Waals surface area contributed by atoms with Crippen molar-refractivity contribution in [2.75, 3.05) is 43.6 Å². The van der Waals surface area contributed by atoms with Crippen LogP contribution in [0.3, 0.4) is 0 Å². The van der Waals surface area contributed by atoms with Gasteiger partial charge >= 0.3 is 0 Å². The molecule has 0 radical (unpaired) electrons. The highest BCUT2D eigenvalue weighted by Crippen LogP contribution is 2.28. The van der Waals surface area contributed by atoms with Gasteiger partial charge in [0.25, 0.3) is 0 Å². The van der Waals surface area contributed by atoms with E-state index >= 15 is 0 Å². The Morgan fingerprint density at radius 3 is 2.57 bits per heavy atom. The first kappa shape index (κ1) is 18.4. The van der Waals surface area contributed by atoms with Gasteiger partial charge in [-0.1, -0.05) is 30.3 Å². The summed E-state index contributed by atoms with van der Waals surface area (Å²) in [7, 11) is 1.91. The highest BCUT2D eigenvalue weighted by Gasteiger charge is 2.16. The maximum atomic E-state index is 9.49. The van der Waals surface area contributed by atoms with Crippen LogP contribution in [0.15, 0.2) is 54.6 Å². The summed E-state index contributed by atoms with van der Waals surface area (Å²) in [4.78, 5) is 11.9. The molecule has 144 valence electrons. The number of aliphatic hydroxyl groups is 1. The predicted molar refractivity (Wildman–Crippen MR) is 111 cm³/mol. The summed E-state index contributed by atoms with van der Waals surface area (Å²) in [5.41, 5.74) is 4.68. The summed E-state index contributed by atoms with van der Waals surface area (Å²) in [5, 5.41) is 12.7. The lowest BCUT2D eigenvalue weighted by molar-refractivity contribution is 0.122. The molecule has 6 heteroatoms. The molecule has 1 aliphatic rings. The van der Waals surface area contributed by atoms with Gasteiger partial charge in [-0.05, 0) is 23.8 Å². The van der Waals surface area contributed by atoms with Crippen molar-refractivity contribution in [2.45, 2.75) is 6.61 Å². The highest BCUT2D eigenvalue weighted by atomic mass is 16.5. The van der Waals surface area contributed by atoms with E-state index in [-0.39, 0.29) is 6.61 Å². The second-order valence-electron chi connectivity index (χ2n) is 6.72. The van der Waals surface area contributed by atoms with E-state index in [9.17, 15) is 5.11 Å². The van der Waals surface area contributed by atoms with Crippen LogP contribution in [-0.4, -0.2) is 48.4 Å². The van der Waals surface area contributed by atoms with Crippen LogP contribution in [0.5, 0.6) is 0 Å². The standard InChI is InChI=1S/C22H24N4O2/c1-23-19-7-3-5-17(13-19)20-14-21(26-8-10-28-11-9-26)25-22(24-20)18-6-2-4-16(12-18)15-27/h2-7,12-14,23,27H,8-11,15H2,1H3. The SMILES string of the molecule is CNc1cccc(-c2cc(N3CCOCC3)nc(-c3cccc(CO)c3)n2)c1. The fourth-order valence-electron chi connectivity index (χ4n) is 3.31. The lowest BCUT2D eigenvalue weighted by atomic mass is 10.1. The molecular formula is C22H24N4O2. The minimum absolute atomic E-state index is 0.00589. The van der Waals surface area contributed by atoms with Crippen molar-refractivity contribution in [2.24, 2.45) is 0 Å². The van der Waals surface area contributed by atoms with Crippen LogP contribution >= 0.6 is 0 Å². The Hall–Kier alpha value is -2.96. The Morgan fingerprint density at radius 1 is 1.00 bits per heavy atom. The number of ether oxygens (including phenoxy) is 1. The summed E-state index contributed by atoms with van der Waals surface area (Å²) in [6.45, 7) is 3.01. The predicted octanol–water partition coefficient (Wildman–Crippen LogP) is 3.18. The molecule has 4 rings (SSSR count). The Bertz CT molecular complexity index is 889. The first-order valence-electron chi connectivity index (χ1n) is 9.47. The first-order valence-corrected chi connectivity index (χ1v) is 9.47. The van der Waals surface area contributed by atoms with Crippen LogP contribution in [0.25, 0.3) is 22.6 Å². The lowest BCUT2D eigenvalue weighted by Crippen LogP contribution is -2.36. The molecule has 2 aromatic carbocycles. The molecule has 28 heavy (non-hydrogen) atoms. The number of aliphatic hydroxyl groups excluding tert-OH is 1. The smallest absolute Gasteiger partial charge is 0.162 e. The fourth-order valence-corrected chi connectivity index (χ4v) is 3.31. The maximum absolute atomic E-state index is 9.49. The Kier molecular flexibility index (Phi) is 5.50. The van der Waals surface area contributed by atoms with Crippen LogP contribution in [-0.2, 0) is 11.3 Å². The van der Waals surface area contributed by atoms with E-state index in [0.29, 0.717) is 19.0 Å². The molecule has 1 aliphatic heterocycles. The quantitative estimate of drug-likeness (QED) is 0.713. The topological polar surface area (TPSA) is 70.5 Å². The van der Waals surface area contributed by atoms with E-state index in [0.717, 1.165) is 47.0 Å². The zero-order valence-electron chi connectivity index (χ0n) is 15.9. The van der Waals surface area contributed by atoms with Crippen molar-refractivity contribution in [1.29, 1.82) is 0 Å². The van der Waals surface area contributed by atoms with Gasteiger partial charge in [0.15, 0.2) is 5.82 Å². The molecule has 0 amide bonds. The van der Waals surface area contributed by atoms with Gasteiger partial charge in [-0.3, -0.25) is 0 Å². The van der Waals surface area contributed by atoms with E-state index in [4.69, 9.17) is 14.7 Å². The summed E-state index contributed by atoms with van der Waals surface area (Å²) < 4.78 is 5.49. The second kappa shape index (κ2) is 8.37. The summed E-state index contributed by atoms with van der Waals surface area (Å²) >= 11 is 0. The van der Waals surface area contributed by atoms with Gasteiger partial charge in [0.2, 0.25) is 0 Å². The first-order chi connectivity index (χ1) is 13.8. The summed E-state index contributed by atoms with van der Waals surface area (Å²) in [5.74, 6) is 1.55. The van der Waals surface area contributed by atoms with Crippen molar-refractivity contribution in [3.05, 3.63) is 60.2 Å². The van der Waals surface area contributed by atoms with Gasteiger partial charge in [-0.15, -0.1) is 0 Å². The molecular weight excluding hydrogens is 352 g/mol. The molecule has 1 saturated heterocycles. The number of aromatic nitrogens is 2. The number of rotatable bonds is 5. The number of hydrogen-bond donors (Lipinski definition) is 2. The third-order valence-electron chi connectivity index (χ3n) is 4.86. The minimum Gasteiger partial charge on any atom is -0.392 e. The van der Waals surface area contributed by atoms with Gasteiger partial charge in [-0.2, -0.15) is 0 Å². The third-order valence-corrected chi connectivity index (χ3v) is 4.86. The molecule has 0 atom stereocenters. The van der Waals surface area contributed by atoms with Gasteiger partial charge in [-0.25, -0.2) is 9.97 Å². The summed E-state index contributed by atoms with van der Waals surface area (Å²) in [6, 6.07) is 18.0. The molecule has 6 nitrogen and oxygen atoms in total. The fraction of sp³-hybridized carbons (Fsp3) is 0.273. The van der Waals surface area contributed by atoms with Crippen molar-refractivity contribution >= 4 is 11.5 Å². The van der Waals surface area contributed by atoms with Gasteiger partial charge < -0.3 is 20.1 Å². The molecule has 3 aromatic rings. The molecule has 1 aromatic heterocycles. The Balaban J connectivity index is 1.82. The Labute approximate surface area is 164 Å². The molecule has 0 unspecified atom stereocenters. The molecule has 2 N–H and O–H groups in total. The second-order valence-corrected chi connectivity index (χ2v) is 6.72. The number of nitrogens with zero attached hydrogens (tertiary/aromatic N) is 3. The molecule has 0 bridgehead atoms. The summed E-state index contributed by atoms with van der Waals surface area (Å²) in [6.07, 6.45) is 0. The number of benzene rings is 2. The normalized spacial score (nSPS) is 14.1. The van der Waals surface area contributed by atoms with E-state index < -0.39 is 0 Å². The zero-order chi connectivity index (χ0) is 19.3. The minimum atomic E-state index is -0.00589. The molecule has 2 heterocycles. The van der Waals surface area contributed by atoms with Gasteiger partial charge in [0, 0.05) is 43.0 Å².